The average Bonchev–Trinajstić information content (AvgIpc) is 3.35. The van der Waals surface area contributed by atoms with Crippen LogP contribution in [0.2, 0.25) is 10.0 Å². The summed E-state index contributed by atoms with van der Waals surface area (Å²) in [7, 11) is -9.06. The van der Waals surface area contributed by atoms with E-state index >= 15 is 0 Å². The van der Waals surface area contributed by atoms with Gasteiger partial charge in [-0.15, -0.1) is 5.11 Å². The molecule has 0 aliphatic rings. The number of phenolic OH excluding ortho intramolecular Hbond substituents is 1. The summed E-state index contributed by atoms with van der Waals surface area (Å²) < 4.78 is 75.8. The first-order valence-electron chi connectivity index (χ1n) is 22.1. The van der Waals surface area contributed by atoms with Crippen molar-refractivity contribution in [2.45, 2.75) is 37.5 Å². The summed E-state index contributed by atoms with van der Waals surface area (Å²) in [5, 5.41) is 58.6. The Morgan fingerprint density at radius 1 is 0.613 bits per heavy atom. The van der Waals surface area contributed by atoms with Gasteiger partial charge >= 0.3 is 48.9 Å². The summed E-state index contributed by atoms with van der Waals surface area (Å²) in [5.74, 6) is -1.53. The quantitative estimate of drug-likeness (QED) is 0.0260. The molecule has 23 heteroatoms. The van der Waals surface area contributed by atoms with Gasteiger partial charge in [-0.3, -0.25) is 18.9 Å². The van der Waals surface area contributed by atoms with Gasteiger partial charge in [0.2, 0.25) is 0 Å². The van der Waals surface area contributed by atoms with Crippen LogP contribution in [-0.4, -0.2) is 105 Å². The number of hydrogen-bond acceptors (Lipinski definition) is 15. The number of carbonyl (C=O) groups is 1. The van der Waals surface area contributed by atoms with E-state index in [4.69, 9.17) is 32.7 Å². The second-order valence-electron chi connectivity index (χ2n) is 15.9. The van der Waals surface area contributed by atoms with Gasteiger partial charge in [0.25, 0.3) is 26.1 Å². The fourth-order valence-corrected chi connectivity index (χ4v) is 9.47. The molecule has 0 spiro atoms. The molecule has 0 aliphatic carbocycles. The zero-order valence-electron chi connectivity index (χ0n) is 40.1. The van der Waals surface area contributed by atoms with Crippen molar-refractivity contribution < 1.29 is 55.5 Å². The minimum atomic E-state index is -4.53. The van der Waals surface area contributed by atoms with Gasteiger partial charge < -0.3 is 30.1 Å². The van der Waals surface area contributed by atoms with Crippen LogP contribution in [0.1, 0.15) is 40.9 Å². The number of para-hydroxylation sites is 4. The normalized spacial score (nSPS) is 11.9. The topological polar surface area (TPSA) is 284 Å². The number of ether oxygens (including phenoxy) is 2. The van der Waals surface area contributed by atoms with Crippen molar-refractivity contribution >= 4 is 160 Å². The number of benzene rings is 8. The second-order valence-corrected chi connectivity index (χ2v) is 19.4. The molecule has 18 nitrogen and oxygen atoms in total. The van der Waals surface area contributed by atoms with Crippen molar-refractivity contribution in [1.82, 2.24) is 0 Å². The Morgan fingerprint density at radius 2 is 1.07 bits per heavy atom. The third-order valence-corrected chi connectivity index (χ3v) is 13.5. The number of aliphatic imine (C=N–C) groups is 1. The van der Waals surface area contributed by atoms with Gasteiger partial charge in [-0.1, -0.05) is 102 Å². The van der Waals surface area contributed by atoms with Crippen LogP contribution < -0.4 is 25.0 Å². The third kappa shape index (κ3) is 13.7. The van der Waals surface area contributed by atoms with E-state index in [0.29, 0.717) is 63.1 Å². The smallest absolute Gasteiger partial charge is 0.871 e. The van der Waals surface area contributed by atoms with Crippen LogP contribution in [0.5, 0.6) is 23.0 Å². The molecular weight excluding hydrogens is 1170 g/mol. The number of azo groups is 2. The van der Waals surface area contributed by atoms with Crippen molar-refractivity contribution in [2.24, 2.45) is 25.4 Å². The Balaban J connectivity index is 0.000000241. The summed E-state index contributed by atoms with van der Waals surface area (Å²) in [6, 6.07) is 35.3. The Kier molecular flexibility index (Phi) is 19.3. The van der Waals surface area contributed by atoms with E-state index < -0.39 is 53.3 Å². The molecule has 0 saturated heterocycles. The third-order valence-electron chi connectivity index (χ3n) is 10.8. The Hall–Kier alpha value is -6.41. The fraction of sp³-hybridized carbons (Fsp3) is 0.115. The summed E-state index contributed by atoms with van der Waals surface area (Å²) in [6.07, 6.45) is 0. The molecule has 75 heavy (non-hydrogen) atoms. The maximum atomic E-state index is 13.4. The van der Waals surface area contributed by atoms with Crippen LogP contribution in [0.4, 0.5) is 34.1 Å². The van der Waals surface area contributed by atoms with Gasteiger partial charge in [0, 0.05) is 10.8 Å². The number of aromatic hydroxyl groups is 1. The molecule has 0 atom stereocenters. The van der Waals surface area contributed by atoms with Crippen molar-refractivity contribution in [3.63, 3.8) is 0 Å². The maximum Gasteiger partial charge on any atom is 2.00 e. The van der Waals surface area contributed by atoms with Crippen molar-refractivity contribution in [2.75, 3.05) is 18.5 Å². The molecule has 8 aromatic carbocycles. The molecule has 8 rings (SSSR count). The number of nitrogens with zero attached hydrogens (tertiary/aromatic N) is 5. The van der Waals surface area contributed by atoms with Crippen molar-refractivity contribution in [3.05, 3.63) is 166 Å². The number of aryl methyl sites for hydroxylation is 2. The van der Waals surface area contributed by atoms with Crippen LogP contribution in [0, 0.1) is 13.8 Å². The molecule has 380 valence electrons. The predicted molar refractivity (Wildman–Crippen MR) is 284 cm³/mol. The predicted octanol–water partition coefficient (Wildman–Crippen LogP) is 11.8. The summed E-state index contributed by atoms with van der Waals surface area (Å²) in [5.41, 5.74) is 1.53. The number of halogens is 2. The monoisotopic (exact) mass is 1210 g/mol. The van der Waals surface area contributed by atoms with E-state index in [1.807, 2.05) is 6.92 Å². The molecule has 0 saturated carbocycles. The number of carbonyl (C=O) groups excluding carboxylic acids is 1. The van der Waals surface area contributed by atoms with Crippen LogP contribution in [0.3, 0.4) is 0 Å². The number of nitrogens with one attached hydrogen (secondary N) is 1. The van der Waals surface area contributed by atoms with Crippen LogP contribution in [0.15, 0.2) is 169 Å². The molecule has 0 bridgehead atoms. The molecule has 1 amide bonds. The van der Waals surface area contributed by atoms with E-state index in [0.717, 1.165) is 6.07 Å². The average molecular weight is 1220 g/mol. The Morgan fingerprint density at radius 3 is 1.61 bits per heavy atom. The van der Waals surface area contributed by atoms with Gasteiger partial charge in [-0.25, -0.2) is 0 Å². The second kappa shape index (κ2) is 25.0. The van der Waals surface area contributed by atoms with Gasteiger partial charge in [0.05, 0.1) is 51.6 Å². The molecule has 0 aromatic heterocycles. The first kappa shape index (κ1) is 57.9. The summed E-state index contributed by atoms with van der Waals surface area (Å²) >= 11 is 12.0. The van der Waals surface area contributed by atoms with Gasteiger partial charge in [-0.05, 0) is 122 Å². The number of amides is 1. The summed E-state index contributed by atoms with van der Waals surface area (Å²) in [4.78, 5) is 16.4. The van der Waals surface area contributed by atoms with Crippen LogP contribution in [-0.2, 0) is 20.2 Å². The molecule has 8 aromatic rings. The van der Waals surface area contributed by atoms with Crippen LogP contribution >= 0.6 is 23.2 Å². The Labute approximate surface area is 481 Å². The molecular formula is C52H42BaCl2N6O12S2. The zero-order chi connectivity index (χ0) is 53.5. The molecule has 0 fully saturated rings. The van der Waals surface area contributed by atoms with E-state index in [1.54, 1.807) is 124 Å². The fourth-order valence-electron chi connectivity index (χ4n) is 7.30. The maximum absolute atomic E-state index is 13.4. The Bertz CT molecular complexity index is 3830. The van der Waals surface area contributed by atoms with Crippen LogP contribution in [0.25, 0.3) is 21.5 Å². The molecule has 0 aliphatic heterocycles. The number of anilines is 1. The number of rotatable bonds is 14. The van der Waals surface area contributed by atoms with E-state index in [2.05, 4.69) is 30.8 Å². The van der Waals surface area contributed by atoms with Gasteiger partial charge in [0.15, 0.2) is 5.75 Å². The number of phenols is 1. The number of fused-ring (bicyclic) bond motifs is 2. The minimum Gasteiger partial charge on any atom is -0.871 e. The van der Waals surface area contributed by atoms with Crippen molar-refractivity contribution in [3.8, 4) is 23.0 Å². The molecule has 0 heterocycles. The summed E-state index contributed by atoms with van der Waals surface area (Å²) in [6.45, 7) is 7.54. The SMILES string of the molecule is CCOc1ccccc1N=C([O-])c1cc2ccccc2c(N=Nc2cc(Cl)c(S(=O)(=O)O)cc2C)c1[O-].CCOc1ccccc1NC(=O)c1cc2ccccc2c(N=Nc2cc(Cl)c(S(=O)(=O)O)cc2C)c1O.[Ba+2]. The van der Waals surface area contributed by atoms with Gasteiger partial charge in [0.1, 0.15) is 32.7 Å². The largest absolute Gasteiger partial charge is 2.00 e. The molecule has 4 N–H and O–H groups in total. The number of hydrogen-bond donors (Lipinski definition) is 4. The van der Waals surface area contributed by atoms with E-state index in [9.17, 15) is 46.1 Å². The zero-order valence-corrected chi connectivity index (χ0v) is 47.7. The molecule has 0 radical (unpaired) electrons. The van der Waals surface area contributed by atoms with Gasteiger partial charge in [-0.2, -0.15) is 32.2 Å². The first-order chi connectivity index (χ1) is 35.2. The first-order valence-corrected chi connectivity index (χ1v) is 25.7. The standard InChI is InChI=1S/2C26H22ClN3O6S.Ba/c2*1-3-36-22-11-7-6-10-20(22)28-26(32)18-13-16-8-4-5-9-17(16)24(25(18)31)30-29-21-14-19(27)23(12-15(21)2)37(33,34)35;/h2*4-14,31H,3H2,1-2H3,(H,28,32)(H,33,34,35);/q;;+2/p-2. The minimum absolute atomic E-state index is 0. The van der Waals surface area contributed by atoms with Crippen molar-refractivity contribution in [1.29, 1.82) is 0 Å². The van der Waals surface area contributed by atoms with E-state index in [1.165, 1.54) is 24.3 Å². The van der Waals surface area contributed by atoms with E-state index in [-0.39, 0.29) is 98.5 Å². The molecule has 0 unspecified atom stereocenters.